The predicted octanol–water partition coefficient (Wildman–Crippen LogP) is 3.59. The molecule has 0 spiro atoms. The van der Waals surface area contributed by atoms with Gasteiger partial charge in [0.15, 0.2) is 5.13 Å². The fourth-order valence-electron chi connectivity index (χ4n) is 2.88. The number of nitrogens with one attached hydrogen (secondary N) is 2. The lowest BCUT2D eigenvalue weighted by Gasteiger charge is -2.23. The minimum atomic E-state index is 0.680. The van der Waals surface area contributed by atoms with E-state index >= 15 is 0 Å². The lowest BCUT2D eigenvalue weighted by Crippen LogP contribution is -2.27. The molecule has 2 N–H and O–H groups in total. The van der Waals surface area contributed by atoms with Gasteiger partial charge in [-0.3, -0.25) is 10.9 Å². The zero-order valence-corrected chi connectivity index (χ0v) is 17.3. The molecule has 0 aliphatic heterocycles. The first-order valence-corrected chi connectivity index (χ1v) is 9.94. The van der Waals surface area contributed by atoms with E-state index in [4.69, 9.17) is 14.5 Å². The number of hydrogen-bond donors (Lipinski definition) is 2. The quantitative estimate of drug-likeness (QED) is 0.509. The molecule has 0 aliphatic rings. The maximum absolute atomic E-state index is 5.38. The molecular weight excluding hydrogens is 372 g/mol. The molecule has 0 atom stereocenters. The molecule has 0 aliphatic carbocycles. The summed E-state index contributed by atoms with van der Waals surface area (Å²) in [6.07, 6.45) is 0. The molecular formula is C21H26N4O2S. The Hall–Kier alpha value is -2.61. The highest BCUT2D eigenvalue weighted by molar-refractivity contribution is 7.13. The fourth-order valence-corrected chi connectivity index (χ4v) is 3.70. The maximum Gasteiger partial charge on any atom is 0.186 e. The molecule has 7 heteroatoms. The molecule has 6 nitrogen and oxygen atoms in total. The van der Waals surface area contributed by atoms with Crippen LogP contribution in [0.4, 0.5) is 5.13 Å². The summed E-state index contributed by atoms with van der Waals surface area (Å²) < 4.78 is 10.8. The molecule has 148 valence electrons. The van der Waals surface area contributed by atoms with Gasteiger partial charge in [-0.2, -0.15) is 0 Å². The first kappa shape index (κ1) is 20.1. The summed E-state index contributed by atoms with van der Waals surface area (Å²) in [6, 6.07) is 16.3. The smallest absolute Gasteiger partial charge is 0.186 e. The second-order valence-corrected chi connectivity index (χ2v) is 7.12. The van der Waals surface area contributed by atoms with Gasteiger partial charge in [-0.05, 0) is 42.4 Å². The molecule has 2 aromatic carbocycles. The number of ether oxygens (including phenoxy) is 2. The van der Waals surface area contributed by atoms with Gasteiger partial charge >= 0.3 is 0 Å². The molecule has 3 rings (SSSR count). The van der Waals surface area contributed by atoms with Gasteiger partial charge in [0.25, 0.3) is 0 Å². The Morgan fingerprint density at radius 3 is 2.11 bits per heavy atom. The number of thiazole rings is 1. The van der Waals surface area contributed by atoms with E-state index in [0.29, 0.717) is 6.54 Å². The van der Waals surface area contributed by atoms with Crippen molar-refractivity contribution in [3.8, 4) is 11.5 Å². The Bertz CT molecular complexity index is 835. The van der Waals surface area contributed by atoms with Crippen molar-refractivity contribution in [2.45, 2.75) is 19.6 Å². The van der Waals surface area contributed by atoms with Crippen molar-refractivity contribution in [2.75, 3.05) is 26.2 Å². The second kappa shape index (κ2) is 10.1. The number of hydrazine groups is 1. The second-order valence-electron chi connectivity index (χ2n) is 6.28. The van der Waals surface area contributed by atoms with E-state index in [1.54, 1.807) is 25.6 Å². The Labute approximate surface area is 170 Å². The molecule has 0 unspecified atom stereocenters. The van der Waals surface area contributed by atoms with Crippen LogP contribution in [0, 0.1) is 0 Å². The number of anilines is 1. The van der Waals surface area contributed by atoms with E-state index in [1.807, 2.05) is 31.3 Å². The molecule has 0 radical (unpaired) electrons. The SMILES string of the molecule is CNNCc1csc(N(Cc2cccc(OC)c2)Cc2cccc(OC)c2)n1. The Morgan fingerprint density at radius 1 is 0.964 bits per heavy atom. The summed E-state index contributed by atoms with van der Waals surface area (Å²) in [4.78, 5) is 7.08. The summed E-state index contributed by atoms with van der Waals surface area (Å²) in [7, 11) is 5.23. The number of aromatic nitrogens is 1. The number of hydrogen-bond acceptors (Lipinski definition) is 7. The highest BCUT2D eigenvalue weighted by Gasteiger charge is 2.14. The van der Waals surface area contributed by atoms with Crippen LogP contribution in [-0.2, 0) is 19.6 Å². The van der Waals surface area contributed by atoms with Gasteiger partial charge in [0, 0.05) is 18.5 Å². The number of benzene rings is 2. The minimum absolute atomic E-state index is 0.680. The number of nitrogens with zero attached hydrogens (tertiary/aromatic N) is 2. The van der Waals surface area contributed by atoms with E-state index in [0.717, 1.165) is 35.4 Å². The van der Waals surface area contributed by atoms with Crippen LogP contribution in [0.15, 0.2) is 53.9 Å². The molecule has 0 bridgehead atoms. The van der Waals surface area contributed by atoms with Crippen LogP contribution < -0.4 is 25.2 Å². The van der Waals surface area contributed by atoms with Gasteiger partial charge in [0.05, 0.1) is 26.5 Å². The average molecular weight is 399 g/mol. The lowest BCUT2D eigenvalue weighted by molar-refractivity contribution is 0.414. The largest absolute Gasteiger partial charge is 0.497 e. The summed E-state index contributed by atoms with van der Waals surface area (Å²) in [5, 5.41) is 3.07. The first-order chi connectivity index (χ1) is 13.7. The summed E-state index contributed by atoms with van der Waals surface area (Å²) in [5.74, 6) is 1.72. The number of methoxy groups -OCH3 is 2. The molecule has 0 fully saturated rings. The predicted molar refractivity (Wildman–Crippen MR) is 114 cm³/mol. The van der Waals surface area contributed by atoms with Crippen LogP contribution in [0.5, 0.6) is 11.5 Å². The van der Waals surface area contributed by atoms with Crippen molar-refractivity contribution in [3.63, 3.8) is 0 Å². The van der Waals surface area contributed by atoms with Crippen molar-refractivity contribution in [1.82, 2.24) is 15.8 Å². The highest BCUT2D eigenvalue weighted by atomic mass is 32.1. The Kier molecular flexibility index (Phi) is 7.25. The van der Waals surface area contributed by atoms with Gasteiger partial charge < -0.3 is 14.4 Å². The van der Waals surface area contributed by atoms with Gasteiger partial charge in [0.2, 0.25) is 0 Å². The Balaban J connectivity index is 1.85. The van der Waals surface area contributed by atoms with Crippen LogP contribution in [-0.4, -0.2) is 26.3 Å². The van der Waals surface area contributed by atoms with Crippen LogP contribution in [0.25, 0.3) is 0 Å². The molecule has 28 heavy (non-hydrogen) atoms. The minimum Gasteiger partial charge on any atom is -0.497 e. The van der Waals surface area contributed by atoms with Crippen LogP contribution in [0.2, 0.25) is 0 Å². The van der Waals surface area contributed by atoms with Crippen LogP contribution >= 0.6 is 11.3 Å². The molecule has 1 heterocycles. The first-order valence-electron chi connectivity index (χ1n) is 9.06. The molecule has 0 saturated heterocycles. The van der Waals surface area contributed by atoms with Crippen molar-refractivity contribution in [2.24, 2.45) is 0 Å². The summed E-state index contributed by atoms with van der Waals surface area (Å²) in [5.41, 5.74) is 9.38. The summed E-state index contributed by atoms with van der Waals surface area (Å²) >= 11 is 1.65. The topological polar surface area (TPSA) is 58.7 Å². The van der Waals surface area contributed by atoms with Gasteiger partial charge in [-0.25, -0.2) is 4.98 Å². The van der Waals surface area contributed by atoms with Crippen molar-refractivity contribution in [3.05, 3.63) is 70.7 Å². The van der Waals surface area contributed by atoms with E-state index in [9.17, 15) is 0 Å². The van der Waals surface area contributed by atoms with E-state index in [2.05, 4.69) is 45.4 Å². The standard InChI is InChI=1S/C21H26N4O2S/c1-22-23-12-18-15-28-21(24-18)25(13-16-6-4-8-19(10-16)26-2)14-17-7-5-9-20(11-17)27-3/h4-11,15,22-23H,12-14H2,1-3H3. The summed E-state index contributed by atoms with van der Waals surface area (Å²) in [6.45, 7) is 2.15. The van der Waals surface area contributed by atoms with Crippen LogP contribution in [0.3, 0.4) is 0 Å². The average Bonchev–Trinajstić information content (AvgIpc) is 3.21. The van der Waals surface area contributed by atoms with Crippen molar-refractivity contribution >= 4 is 16.5 Å². The molecule has 3 aromatic rings. The zero-order chi connectivity index (χ0) is 19.8. The highest BCUT2D eigenvalue weighted by Crippen LogP contribution is 2.26. The fraction of sp³-hybridized carbons (Fsp3) is 0.286. The normalized spacial score (nSPS) is 10.7. The van der Waals surface area contributed by atoms with Gasteiger partial charge in [-0.1, -0.05) is 24.3 Å². The molecule has 0 amide bonds. The van der Waals surface area contributed by atoms with E-state index < -0.39 is 0 Å². The van der Waals surface area contributed by atoms with Crippen molar-refractivity contribution in [1.29, 1.82) is 0 Å². The van der Waals surface area contributed by atoms with E-state index in [-0.39, 0.29) is 0 Å². The van der Waals surface area contributed by atoms with Gasteiger partial charge in [-0.15, -0.1) is 11.3 Å². The van der Waals surface area contributed by atoms with Gasteiger partial charge in [0.1, 0.15) is 11.5 Å². The van der Waals surface area contributed by atoms with E-state index in [1.165, 1.54) is 11.1 Å². The van der Waals surface area contributed by atoms with Crippen LogP contribution in [0.1, 0.15) is 16.8 Å². The maximum atomic E-state index is 5.38. The lowest BCUT2D eigenvalue weighted by atomic mass is 10.1. The number of rotatable bonds is 10. The zero-order valence-electron chi connectivity index (χ0n) is 16.4. The third-order valence-corrected chi connectivity index (χ3v) is 5.22. The Morgan fingerprint density at radius 2 is 1.57 bits per heavy atom. The molecule has 1 aromatic heterocycles. The van der Waals surface area contributed by atoms with Crippen molar-refractivity contribution < 1.29 is 9.47 Å². The molecule has 0 saturated carbocycles. The monoisotopic (exact) mass is 398 g/mol. The third-order valence-electron chi connectivity index (χ3n) is 4.27. The third kappa shape index (κ3) is 5.45.